The van der Waals surface area contributed by atoms with Crippen LogP contribution in [-0.4, -0.2) is 29.3 Å². The topological polar surface area (TPSA) is 113 Å². The van der Waals surface area contributed by atoms with Crippen molar-refractivity contribution < 1.29 is 26.0 Å². The molecule has 4 aromatic carbocycles. The van der Waals surface area contributed by atoms with Crippen molar-refractivity contribution in [3.63, 3.8) is 0 Å². The summed E-state index contributed by atoms with van der Waals surface area (Å²) < 4.78 is 69.3. The van der Waals surface area contributed by atoms with Crippen molar-refractivity contribution in [3.05, 3.63) is 114 Å². The highest BCUT2D eigenvalue weighted by Crippen LogP contribution is 2.28. The Balaban J connectivity index is 1.55. The van der Waals surface area contributed by atoms with E-state index in [0.29, 0.717) is 12.1 Å². The lowest BCUT2D eigenvalue weighted by atomic mass is 10.1. The highest BCUT2D eigenvalue weighted by molar-refractivity contribution is 7.93. The number of hydrogen-bond acceptors (Lipinski definition) is 5. The van der Waals surface area contributed by atoms with Gasteiger partial charge in [0.15, 0.2) is 0 Å². The van der Waals surface area contributed by atoms with Crippen LogP contribution in [0.15, 0.2) is 107 Å². The third-order valence-corrected chi connectivity index (χ3v) is 9.25. The first-order valence-corrected chi connectivity index (χ1v) is 15.3. The fraction of sp³-hybridized carbons (Fsp3) is 0.138. The Morgan fingerprint density at radius 3 is 1.98 bits per heavy atom. The van der Waals surface area contributed by atoms with Crippen molar-refractivity contribution in [2.75, 3.05) is 20.9 Å². The molecular weight excluding hydrogens is 553 g/mol. The van der Waals surface area contributed by atoms with Crippen molar-refractivity contribution in [1.29, 1.82) is 0 Å². The normalized spacial score (nSPS) is 11.6. The van der Waals surface area contributed by atoms with E-state index >= 15 is 0 Å². The second kappa shape index (κ2) is 11.9. The monoisotopic (exact) mass is 581 g/mol. The van der Waals surface area contributed by atoms with Gasteiger partial charge in [0, 0.05) is 11.4 Å². The Labute approximate surface area is 233 Å². The maximum absolute atomic E-state index is 13.7. The lowest BCUT2D eigenvalue weighted by molar-refractivity contribution is -0.114. The molecule has 208 valence electrons. The van der Waals surface area contributed by atoms with E-state index < -0.39 is 38.3 Å². The van der Waals surface area contributed by atoms with Crippen molar-refractivity contribution in [2.45, 2.75) is 30.1 Å². The molecule has 0 saturated heterocycles. The first-order valence-electron chi connectivity index (χ1n) is 12.4. The molecule has 0 spiro atoms. The molecular formula is C29H28FN3O5S2. The van der Waals surface area contributed by atoms with Crippen LogP contribution in [0, 0.1) is 12.7 Å². The van der Waals surface area contributed by atoms with Gasteiger partial charge in [-0.05, 0) is 85.6 Å². The molecule has 0 atom stereocenters. The number of aryl methyl sites for hydroxylation is 2. The number of carbonyl (C=O) groups is 1. The molecule has 0 aliphatic heterocycles. The molecule has 11 heteroatoms. The van der Waals surface area contributed by atoms with Crippen molar-refractivity contribution in [2.24, 2.45) is 0 Å². The summed E-state index contributed by atoms with van der Waals surface area (Å²) >= 11 is 0. The number of benzene rings is 4. The molecule has 1 amide bonds. The number of hydrogen-bond donors (Lipinski definition) is 2. The highest BCUT2D eigenvalue weighted by atomic mass is 32.2. The van der Waals surface area contributed by atoms with E-state index in [1.807, 2.05) is 19.9 Å². The predicted octanol–water partition coefficient (Wildman–Crippen LogP) is 5.33. The molecule has 4 rings (SSSR count). The fourth-order valence-corrected chi connectivity index (χ4v) is 6.49. The first kappa shape index (κ1) is 28.8. The summed E-state index contributed by atoms with van der Waals surface area (Å²) in [6.45, 7) is 3.25. The molecule has 2 N–H and O–H groups in total. The second-order valence-corrected chi connectivity index (χ2v) is 12.5. The number of nitrogens with zero attached hydrogens (tertiary/aromatic N) is 1. The number of nitrogens with one attached hydrogen (secondary N) is 2. The molecule has 8 nitrogen and oxygen atoms in total. The smallest absolute Gasteiger partial charge is 0.264 e. The summed E-state index contributed by atoms with van der Waals surface area (Å²) in [5.41, 5.74) is 2.53. The van der Waals surface area contributed by atoms with Crippen LogP contribution in [0.4, 0.5) is 21.5 Å². The van der Waals surface area contributed by atoms with Crippen LogP contribution in [0.1, 0.15) is 18.1 Å². The van der Waals surface area contributed by atoms with E-state index in [-0.39, 0.29) is 21.2 Å². The molecule has 0 radical (unpaired) electrons. The van der Waals surface area contributed by atoms with Gasteiger partial charge < -0.3 is 5.32 Å². The third-order valence-electron chi connectivity index (χ3n) is 6.08. The zero-order valence-corrected chi connectivity index (χ0v) is 23.5. The third kappa shape index (κ3) is 6.67. The standard InChI is InChI=1S/C29H28FN3O5S2/c1-3-22-6-4-5-7-28(22)33(40(37,38)27-16-8-21(2)9-17-27)20-29(34)31-24-14-18-26(19-15-24)39(35,36)32-25-12-10-23(30)11-13-25/h4-19,32H,3,20H2,1-2H3,(H,31,34). The average Bonchev–Trinajstić information content (AvgIpc) is 2.93. The Morgan fingerprint density at radius 2 is 1.35 bits per heavy atom. The minimum absolute atomic E-state index is 0.0556. The molecule has 0 aliphatic carbocycles. The number of sulfonamides is 2. The number of carbonyl (C=O) groups excluding carboxylic acids is 1. The van der Waals surface area contributed by atoms with Crippen molar-refractivity contribution >= 4 is 43.0 Å². The van der Waals surface area contributed by atoms with Crippen molar-refractivity contribution in [1.82, 2.24) is 0 Å². The molecule has 0 saturated carbocycles. The zero-order chi connectivity index (χ0) is 28.9. The number of anilines is 3. The second-order valence-electron chi connectivity index (χ2n) is 8.99. The summed E-state index contributed by atoms with van der Waals surface area (Å²) in [7, 11) is -8.05. The van der Waals surface area contributed by atoms with Gasteiger partial charge in [-0.25, -0.2) is 21.2 Å². The molecule has 40 heavy (non-hydrogen) atoms. The summed E-state index contributed by atoms with van der Waals surface area (Å²) in [4.78, 5) is 13.1. The van der Waals surface area contributed by atoms with Gasteiger partial charge in [-0.3, -0.25) is 13.8 Å². The molecule has 0 unspecified atom stereocenters. The number of halogens is 1. The van der Waals surface area contributed by atoms with E-state index in [2.05, 4.69) is 10.0 Å². The van der Waals surface area contributed by atoms with Crippen LogP contribution in [0.25, 0.3) is 0 Å². The Kier molecular flexibility index (Phi) is 8.55. The van der Waals surface area contributed by atoms with E-state index in [9.17, 15) is 26.0 Å². The van der Waals surface area contributed by atoms with Gasteiger partial charge in [0.1, 0.15) is 12.4 Å². The van der Waals surface area contributed by atoms with Gasteiger partial charge in [0.2, 0.25) is 5.91 Å². The Morgan fingerprint density at radius 1 is 0.775 bits per heavy atom. The van der Waals surface area contributed by atoms with Gasteiger partial charge in [0.05, 0.1) is 15.5 Å². The van der Waals surface area contributed by atoms with Crippen LogP contribution in [-0.2, 0) is 31.3 Å². The van der Waals surface area contributed by atoms with E-state index in [0.717, 1.165) is 27.6 Å². The molecule has 0 aliphatic rings. The predicted molar refractivity (Wildman–Crippen MR) is 154 cm³/mol. The molecule has 4 aromatic rings. The zero-order valence-electron chi connectivity index (χ0n) is 21.8. The lowest BCUT2D eigenvalue weighted by Gasteiger charge is -2.26. The van der Waals surface area contributed by atoms with Crippen LogP contribution < -0.4 is 14.3 Å². The van der Waals surface area contributed by atoms with Crippen LogP contribution in [0.3, 0.4) is 0 Å². The maximum Gasteiger partial charge on any atom is 0.264 e. The largest absolute Gasteiger partial charge is 0.325 e. The number of rotatable bonds is 10. The van der Waals surface area contributed by atoms with E-state index in [1.54, 1.807) is 30.3 Å². The summed E-state index contributed by atoms with van der Waals surface area (Å²) in [6, 6.07) is 23.6. The van der Waals surface area contributed by atoms with E-state index in [1.165, 1.54) is 48.5 Å². The summed E-state index contributed by atoms with van der Waals surface area (Å²) in [5.74, 6) is -1.10. The molecule has 0 heterocycles. The minimum atomic E-state index is -4.09. The minimum Gasteiger partial charge on any atom is -0.325 e. The number of para-hydroxylation sites is 1. The summed E-state index contributed by atoms with van der Waals surface area (Å²) in [6.07, 6.45) is 0.555. The van der Waals surface area contributed by atoms with Crippen LogP contribution >= 0.6 is 0 Å². The first-order chi connectivity index (χ1) is 19.0. The highest BCUT2D eigenvalue weighted by Gasteiger charge is 2.28. The maximum atomic E-state index is 13.7. The number of amides is 1. The Bertz CT molecular complexity index is 1710. The molecule has 0 fully saturated rings. The molecule has 0 aromatic heterocycles. The van der Waals surface area contributed by atoms with Gasteiger partial charge in [-0.2, -0.15) is 0 Å². The summed E-state index contributed by atoms with van der Waals surface area (Å²) in [5, 5.41) is 2.64. The van der Waals surface area contributed by atoms with E-state index in [4.69, 9.17) is 0 Å². The Hall–Kier alpha value is -4.22. The van der Waals surface area contributed by atoms with Crippen LogP contribution in [0.2, 0.25) is 0 Å². The SMILES string of the molecule is CCc1ccccc1N(CC(=O)Nc1ccc(S(=O)(=O)Nc2ccc(F)cc2)cc1)S(=O)(=O)c1ccc(C)cc1. The van der Waals surface area contributed by atoms with Gasteiger partial charge in [-0.15, -0.1) is 0 Å². The average molecular weight is 582 g/mol. The molecule has 0 bridgehead atoms. The van der Waals surface area contributed by atoms with Gasteiger partial charge in [-0.1, -0.05) is 42.8 Å². The van der Waals surface area contributed by atoms with Crippen LogP contribution in [0.5, 0.6) is 0 Å². The lowest BCUT2D eigenvalue weighted by Crippen LogP contribution is -2.38. The van der Waals surface area contributed by atoms with Crippen molar-refractivity contribution in [3.8, 4) is 0 Å². The fourth-order valence-electron chi connectivity index (χ4n) is 3.97. The van der Waals surface area contributed by atoms with Gasteiger partial charge in [0.25, 0.3) is 20.0 Å². The quantitative estimate of drug-likeness (QED) is 0.263. The van der Waals surface area contributed by atoms with Gasteiger partial charge >= 0.3 is 0 Å².